The van der Waals surface area contributed by atoms with Crippen molar-refractivity contribution in [2.45, 2.75) is 31.4 Å². The molecule has 2 N–H and O–H groups in total. The number of hydrogen-bond acceptors (Lipinski definition) is 3. The molecule has 18 heavy (non-hydrogen) atoms. The normalized spacial score (nSPS) is 25.3. The van der Waals surface area contributed by atoms with Crippen LogP contribution in [0.4, 0.5) is 0 Å². The van der Waals surface area contributed by atoms with Gasteiger partial charge < -0.3 is 10.2 Å². The van der Waals surface area contributed by atoms with Crippen molar-refractivity contribution in [2.24, 2.45) is 0 Å². The van der Waals surface area contributed by atoms with Crippen LogP contribution in [0.25, 0.3) is 0 Å². The summed E-state index contributed by atoms with van der Waals surface area (Å²) in [5.41, 5.74) is 1.17. The van der Waals surface area contributed by atoms with Crippen LogP contribution in [0.15, 0.2) is 24.3 Å². The van der Waals surface area contributed by atoms with Crippen LogP contribution in [0.1, 0.15) is 18.4 Å². The van der Waals surface area contributed by atoms with Crippen molar-refractivity contribution in [3.8, 4) is 0 Å². The Labute approximate surface area is 113 Å². The smallest absolute Gasteiger partial charge is 0.0699 e. The van der Waals surface area contributed by atoms with Gasteiger partial charge in [0.25, 0.3) is 0 Å². The van der Waals surface area contributed by atoms with Gasteiger partial charge in [-0.3, -0.25) is 4.90 Å². The predicted molar refractivity (Wildman–Crippen MR) is 72.8 cm³/mol. The van der Waals surface area contributed by atoms with Gasteiger partial charge in [-0.1, -0.05) is 23.7 Å². The Morgan fingerprint density at radius 2 is 2.00 bits per heavy atom. The van der Waals surface area contributed by atoms with Gasteiger partial charge in [-0.25, -0.2) is 0 Å². The highest BCUT2D eigenvalue weighted by Crippen LogP contribution is 2.21. The SMILES string of the molecule is OCCN1CCC[C@H](O)[C@@H]1Cc1ccc(Cl)cc1. The molecule has 1 saturated heterocycles. The van der Waals surface area contributed by atoms with E-state index >= 15 is 0 Å². The monoisotopic (exact) mass is 269 g/mol. The lowest BCUT2D eigenvalue weighted by Gasteiger charge is -2.39. The Hall–Kier alpha value is -0.610. The summed E-state index contributed by atoms with van der Waals surface area (Å²) < 4.78 is 0. The largest absolute Gasteiger partial charge is 0.395 e. The molecule has 2 atom stereocenters. The third-order valence-corrected chi connectivity index (χ3v) is 3.86. The number of nitrogens with zero attached hydrogens (tertiary/aromatic N) is 1. The Morgan fingerprint density at radius 3 is 2.67 bits per heavy atom. The summed E-state index contributed by atoms with van der Waals surface area (Å²) in [6.45, 7) is 1.73. The maximum Gasteiger partial charge on any atom is 0.0699 e. The summed E-state index contributed by atoms with van der Waals surface area (Å²) in [6.07, 6.45) is 2.34. The van der Waals surface area contributed by atoms with E-state index in [9.17, 15) is 5.11 Å². The molecule has 0 spiro atoms. The molecule has 4 heteroatoms. The molecule has 1 fully saturated rings. The summed E-state index contributed by atoms with van der Waals surface area (Å²) in [7, 11) is 0. The molecule has 100 valence electrons. The van der Waals surface area contributed by atoms with Crippen molar-refractivity contribution in [2.75, 3.05) is 19.7 Å². The highest BCUT2D eigenvalue weighted by molar-refractivity contribution is 6.30. The Bertz CT molecular complexity index is 367. The van der Waals surface area contributed by atoms with Crippen LogP contribution in [0, 0.1) is 0 Å². The molecule has 1 aliphatic rings. The summed E-state index contributed by atoms with van der Waals surface area (Å²) in [5.74, 6) is 0. The molecule has 3 nitrogen and oxygen atoms in total. The fourth-order valence-electron chi connectivity index (χ4n) is 2.64. The summed E-state index contributed by atoms with van der Waals surface area (Å²) in [6, 6.07) is 7.86. The molecule has 1 heterocycles. The zero-order chi connectivity index (χ0) is 13.0. The minimum absolute atomic E-state index is 0.104. The zero-order valence-corrected chi connectivity index (χ0v) is 11.2. The van der Waals surface area contributed by atoms with Crippen LogP contribution in [-0.2, 0) is 6.42 Å². The molecule has 1 aromatic rings. The molecular weight excluding hydrogens is 250 g/mol. The second-order valence-electron chi connectivity index (χ2n) is 4.87. The quantitative estimate of drug-likeness (QED) is 0.875. The van der Waals surface area contributed by atoms with Crippen LogP contribution in [0.5, 0.6) is 0 Å². The first-order chi connectivity index (χ1) is 8.70. The Morgan fingerprint density at radius 1 is 1.28 bits per heavy atom. The van der Waals surface area contributed by atoms with Crippen LogP contribution < -0.4 is 0 Å². The molecular formula is C14H20ClNO2. The maximum atomic E-state index is 10.1. The Balaban J connectivity index is 2.05. The minimum atomic E-state index is -0.305. The molecule has 0 saturated carbocycles. The van der Waals surface area contributed by atoms with Crippen molar-refractivity contribution >= 4 is 11.6 Å². The first kappa shape index (κ1) is 13.8. The fraction of sp³-hybridized carbons (Fsp3) is 0.571. The van der Waals surface area contributed by atoms with E-state index in [1.807, 2.05) is 24.3 Å². The van der Waals surface area contributed by atoms with Gasteiger partial charge in [-0.2, -0.15) is 0 Å². The van der Waals surface area contributed by atoms with Gasteiger partial charge in [0.05, 0.1) is 12.7 Å². The molecule has 0 aromatic heterocycles. The number of aliphatic hydroxyl groups excluding tert-OH is 2. The molecule has 1 aromatic carbocycles. The number of rotatable bonds is 4. The van der Waals surface area contributed by atoms with Crippen LogP contribution in [0.3, 0.4) is 0 Å². The highest BCUT2D eigenvalue weighted by Gasteiger charge is 2.29. The fourth-order valence-corrected chi connectivity index (χ4v) is 2.76. The van der Waals surface area contributed by atoms with E-state index in [0.29, 0.717) is 6.54 Å². The van der Waals surface area contributed by atoms with E-state index in [-0.39, 0.29) is 18.8 Å². The highest BCUT2D eigenvalue weighted by atomic mass is 35.5. The van der Waals surface area contributed by atoms with Crippen molar-refractivity contribution in [1.29, 1.82) is 0 Å². The molecule has 0 amide bonds. The van der Waals surface area contributed by atoms with E-state index in [1.165, 1.54) is 5.56 Å². The number of aliphatic hydroxyl groups is 2. The van der Waals surface area contributed by atoms with E-state index in [1.54, 1.807) is 0 Å². The Kier molecular flexibility index (Phi) is 5.01. The second-order valence-corrected chi connectivity index (χ2v) is 5.30. The summed E-state index contributed by atoms with van der Waals surface area (Å²) in [4.78, 5) is 2.18. The number of piperidine rings is 1. The van der Waals surface area contributed by atoms with E-state index in [4.69, 9.17) is 16.7 Å². The van der Waals surface area contributed by atoms with Gasteiger partial charge in [-0.15, -0.1) is 0 Å². The molecule has 0 bridgehead atoms. The predicted octanol–water partition coefficient (Wildman–Crippen LogP) is 1.70. The number of halogens is 1. The van der Waals surface area contributed by atoms with E-state index in [0.717, 1.165) is 30.8 Å². The van der Waals surface area contributed by atoms with Crippen molar-refractivity contribution in [1.82, 2.24) is 4.90 Å². The molecule has 2 rings (SSSR count). The van der Waals surface area contributed by atoms with Gasteiger partial charge in [0, 0.05) is 17.6 Å². The first-order valence-electron chi connectivity index (χ1n) is 6.48. The van der Waals surface area contributed by atoms with Crippen LogP contribution in [-0.4, -0.2) is 47.0 Å². The lowest BCUT2D eigenvalue weighted by atomic mass is 9.93. The van der Waals surface area contributed by atoms with Gasteiger partial charge in [0.15, 0.2) is 0 Å². The van der Waals surface area contributed by atoms with Crippen molar-refractivity contribution in [3.05, 3.63) is 34.9 Å². The second kappa shape index (κ2) is 6.53. The van der Waals surface area contributed by atoms with Crippen molar-refractivity contribution in [3.63, 3.8) is 0 Å². The number of hydrogen-bond donors (Lipinski definition) is 2. The maximum absolute atomic E-state index is 10.1. The molecule has 0 radical (unpaired) electrons. The molecule has 1 aliphatic heterocycles. The van der Waals surface area contributed by atoms with Gasteiger partial charge in [0.2, 0.25) is 0 Å². The number of β-amino-alcohol motifs (C(OH)–C–C–N with tert-alkyl or cyclic N) is 1. The average Bonchev–Trinajstić information content (AvgIpc) is 2.36. The third-order valence-electron chi connectivity index (χ3n) is 3.60. The van der Waals surface area contributed by atoms with E-state index < -0.39 is 0 Å². The minimum Gasteiger partial charge on any atom is -0.395 e. The summed E-state index contributed by atoms with van der Waals surface area (Å²) >= 11 is 5.87. The lowest BCUT2D eigenvalue weighted by Crippen LogP contribution is -2.50. The van der Waals surface area contributed by atoms with Gasteiger partial charge in [-0.05, 0) is 43.5 Å². The zero-order valence-electron chi connectivity index (χ0n) is 10.4. The third kappa shape index (κ3) is 3.45. The standard InChI is InChI=1S/C14H20ClNO2/c15-12-5-3-11(4-6-12)10-13-14(18)2-1-7-16(13)8-9-17/h3-6,13-14,17-18H,1-2,7-10H2/t13-,14-/m0/s1. The van der Waals surface area contributed by atoms with Gasteiger partial charge in [0.1, 0.15) is 0 Å². The average molecular weight is 270 g/mol. The van der Waals surface area contributed by atoms with Gasteiger partial charge >= 0.3 is 0 Å². The summed E-state index contributed by atoms with van der Waals surface area (Å²) in [5, 5.41) is 19.9. The van der Waals surface area contributed by atoms with Crippen LogP contribution in [0.2, 0.25) is 5.02 Å². The number of benzene rings is 1. The topological polar surface area (TPSA) is 43.7 Å². The first-order valence-corrected chi connectivity index (χ1v) is 6.86. The van der Waals surface area contributed by atoms with E-state index in [2.05, 4.69) is 4.90 Å². The van der Waals surface area contributed by atoms with Crippen LogP contribution >= 0.6 is 11.6 Å². The lowest BCUT2D eigenvalue weighted by molar-refractivity contribution is 0.00397. The molecule has 0 unspecified atom stereocenters. The number of likely N-dealkylation sites (tertiary alicyclic amines) is 1. The van der Waals surface area contributed by atoms with Crippen molar-refractivity contribution < 1.29 is 10.2 Å². The molecule has 0 aliphatic carbocycles.